The van der Waals surface area contributed by atoms with Gasteiger partial charge in [0, 0.05) is 6.04 Å². The third kappa shape index (κ3) is 1.90. The zero-order valence-electron chi connectivity index (χ0n) is 10.0. The standard InChI is InChI=1S/C13H17N3S/c1-9-2-3-12-11(8-9)15-13(14)16(12)10-4-6-17-7-5-10/h2-3,8,10H,4-7H2,1H3,(H2,14,15). The molecule has 0 bridgehead atoms. The molecule has 0 atom stereocenters. The molecule has 0 saturated carbocycles. The number of imidazole rings is 1. The summed E-state index contributed by atoms with van der Waals surface area (Å²) < 4.78 is 2.23. The monoisotopic (exact) mass is 247 g/mol. The van der Waals surface area contributed by atoms with Crippen molar-refractivity contribution in [2.75, 3.05) is 17.2 Å². The SMILES string of the molecule is Cc1ccc2c(c1)nc(N)n2C1CCSCC1. The molecular formula is C13H17N3S. The summed E-state index contributed by atoms with van der Waals surface area (Å²) >= 11 is 2.04. The molecule has 17 heavy (non-hydrogen) atoms. The molecule has 4 heteroatoms. The quantitative estimate of drug-likeness (QED) is 0.842. The van der Waals surface area contributed by atoms with E-state index in [4.69, 9.17) is 5.73 Å². The van der Waals surface area contributed by atoms with Crippen LogP contribution in [-0.2, 0) is 0 Å². The molecule has 1 fully saturated rings. The maximum atomic E-state index is 6.08. The highest BCUT2D eigenvalue weighted by atomic mass is 32.2. The maximum Gasteiger partial charge on any atom is 0.201 e. The Labute approximate surface area is 105 Å². The topological polar surface area (TPSA) is 43.8 Å². The number of thioether (sulfide) groups is 1. The lowest BCUT2D eigenvalue weighted by molar-refractivity contribution is 0.487. The molecule has 1 aromatic heterocycles. The van der Waals surface area contributed by atoms with Crippen molar-refractivity contribution in [1.82, 2.24) is 9.55 Å². The summed E-state index contributed by atoms with van der Waals surface area (Å²) in [5.41, 5.74) is 9.53. The highest BCUT2D eigenvalue weighted by molar-refractivity contribution is 7.99. The van der Waals surface area contributed by atoms with Gasteiger partial charge in [-0.25, -0.2) is 4.98 Å². The van der Waals surface area contributed by atoms with Gasteiger partial charge in [0.05, 0.1) is 11.0 Å². The second-order valence-electron chi connectivity index (χ2n) is 4.68. The summed E-state index contributed by atoms with van der Waals surface area (Å²) in [6.45, 7) is 2.09. The molecule has 0 aliphatic carbocycles. The first-order valence-corrected chi connectivity index (χ1v) is 7.23. The molecule has 1 saturated heterocycles. The fourth-order valence-corrected chi connectivity index (χ4v) is 3.64. The van der Waals surface area contributed by atoms with E-state index >= 15 is 0 Å². The Morgan fingerprint density at radius 3 is 2.88 bits per heavy atom. The van der Waals surface area contributed by atoms with Crippen LogP contribution in [0.15, 0.2) is 18.2 Å². The van der Waals surface area contributed by atoms with Crippen LogP contribution in [0.1, 0.15) is 24.4 Å². The van der Waals surface area contributed by atoms with Crippen LogP contribution in [0, 0.1) is 6.92 Å². The van der Waals surface area contributed by atoms with E-state index in [0.717, 1.165) is 5.52 Å². The number of aromatic nitrogens is 2. The minimum Gasteiger partial charge on any atom is -0.369 e. The molecule has 3 nitrogen and oxygen atoms in total. The second kappa shape index (κ2) is 4.26. The van der Waals surface area contributed by atoms with Gasteiger partial charge in [-0.15, -0.1) is 0 Å². The van der Waals surface area contributed by atoms with Crippen molar-refractivity contribution >= 4 is 28.7 Å². The van der Waals surface area contributed by atoms with Crippen LogP contribution in [0.4, 0.5) is 5.95 Å². The van der Waals surface area contributed by atoms with Gasteiger partial charge in [0.25, 0.3) is 0 Å². The van der Waals surface area contributed by atoms with Crippen LogP contribution >= 0.6 is 11.8 Å². The number of rotatable bonds is 1. The Kier molecular flexibility index (Phi) is 2.74. The predicted molar refractivity (Wildman–Crippen MR) is 74.5 cm³/mol. The van der Waals surface area contributed by atoms with E-state index in [1.54, 1.807) is 0 Å². The molecule has 0 spiro atoms. The van der Waals surface area contributed by atoms with Gasteiger partial charge in [0.2, 0.25) is 5.95 Å². The maximum absolute atomic E-state index is 6.08. The summed E-state index contributed by atoms with van der Waals surface area (Å²) in [5.74, 6) is 3.13. The number of nitrogens with zero attached hydrogens (tertiary/aromatic N) is 2. The average molecular weight is 247 g/mol. The highest BCUT2D eigenvalue weighted by Gasteiger charge is 2.20. The molecule has 1 aliphatic rings. The van der Waals surface area contributed by atoms with Crippen molar-refractivity contribution in [2.45, 2.75) is 25.8 Å². The number of nitrogens with two attached hydrogens (primary N) is 1. The third-order valence-electron chi connectivity index (χ3n) is 3.43. The van der Waals surface area contributed by atoms with E-state index in [1.165, 1.54) is 35.4 Å². The van der Waals surface area contributed by atoms with Crippen LogP contribution in [0.3, 0.4) is 0 Å². The molecule has 0 radical (unpaired) electrons. The number of benzene rings is 1. The fraction of sp³-hybridized carbons (Fsp3) is 0.462. The minimum atomic E-state index is 0.531. The Morgan fingerprint density at radius 2 is 2.12 bits per heavy atom. The number of fused-ring (bicyclic) bond motifs is 1. The smallest absolute Gasteiger partial charge is 0.201 e. The van der Waals surface area contributed by atoms with Gasteiger partial charge in [-0.1, -0.05) is 6.07 Å². The van der Waals surface area contributed by atoms with Gasteiger partial charge in [-0.2, -0.15) is 11.8 Å². The molecule has 3 rings (SSSR count). The first-order chi connectivity index (χ1) is 8.25. The van der Waals surface area contributed by atoms with E-state index in [2.05, 4.69) is 34.7 Å². The summed E-state index contributed by atoms with van der Waals surface area (Å²) in [7, 11) is 0. The number of hydrogen-bond acceptors (Lipinski definition) is 3. The van der Waals surface area contributed by atoms with E-state index in [-0.39, 0.29) is 0 Å². The first-order valence-electron chi connectivity index (χ1n) is 6.07. The zero-order valence-corrected chi connectivity index (χ0v) is 10.8. The molecule has 0 amide bonds. The van der Waals surface area contributed by atoms with Crippen LogP contribution in [0.2, 0.25) is 0 Å². The van der Waals surface area contributed by atoms with Crippen molar-refractivity contribution in [3.05, 3.63) is 23.8 Å². The normalized spacial score (nSPS) is 17.7. The summed E-state index contributed by atoms with van der Waals surface area (Å²) in [6, 6.07) is 6.93. The number of aryl methyl sites for hydroxylation is 1. The van der Waals surface area contributed by atoms with Crippen molar-refractivity contribution in [3.8, 4) is 0 Å². The lowest BCUT2D eigenvalue weighted by Crippen LogP contribution is -2.16. The minimum absolute atomic E-state index is 0.531. The predicted octanol–water partition coefficient (Wildman–Crippen LogP) is 3.00. The van der Waals surface area contributed by atoms with Crippen LogP contribution in [-0.4, -0.2) is 21.1 Å². The van der Waals surface area contributed by atoms with E-state index in [1.807, 2.05) is 11.8 Å². The van der Waals surface area contributed by atoms with E-state index in [0.29, 0.717) is 12.0 Å². The van der Waals surface area contributed by atoms with E-state index < -0.39 is 0 Å². The molecule has 0 unspecified atom stereocenters. The van der Waals surface area contributed by atoms with Gasteiger partial charge < -0.3 is 10.3 Å². The third-order valence-corrected chi connectivity index (χ3v) is 4.48. The average Bonchev–Trinajstić information content (AvgIpc) is 2.65. The van der Waals surface area contributed by atoms with Gasteiger partial charge in [0.1, 0.15) is 0 Å². The highest BCUT2D eigenvalue weighted by Crippen LogP contribution is 2.32. The molecule has 1 aliphatic heterocycles. The summed E-state index contributed by atoms with van der Waals surface area (Å²) in [5, 5.41) is 0. The summed E-state index contributed by atoms with van der Waals surface area (Å²) in [4.78, 5) is 4.48. The van der Waals surface area contributed by atoms with Crippen molar-refractivity contribution in [1.29, 1.82) is 0 Å². The van der Waals surface area contributed by atoms with Crippen LogP contribution in [0.5, 0.6) is 0 Å². The van der Waals surface area contributed by atoms with Gasteiger partial charge >= 0.3 is 0 Å². The van der Waals surface area contributed by atoms with Crippen LogP contribution < -0.4 is 5.73 Å². The molecule has 90 valence electrons. The largest absolute Gasteiger partial charge is 0.369 e. The molecule has 2 aromatic rings. The van der Waals surface area contributed by atoms with Crippen molar-refractivity contribution in [3.63, 3.8) is 0 Å². The Morgan fingerprint density at radius 1 is 1.35 bits per heavy atom. The van der Waals surface area contributed by atoms with Gasteiger partial charge in [-0.3, -0.25) is 0 Å². The Hall–Kier alpha value is -1.16. The van der Waals surface area contributed by atoms with Gasteiger partial charge in [-0.05, 0) is 49.0 Å². The molecule has 2 N–H and O–H groups in total. The van der Waals surface area contributed by atoms with E-state index in [9.17, 15) is 0 Å². The first kappa shape index (κ1) is 11.0. The molecular weight excluding hydrogens is 230 g/mol. The van der Waals surface area contributed by atoms with Gasteiger partial charge in [0.15, 0.2) is 0 Å². The number of anilines is 1. The molecule has 1 aromatic carbocycles. The molecule has 2 heterocycles. The zero-order chi connectivity index (χ0) is 11.8. The van der Waals surface area contributed by atoms with Crippen molar-refractivity contribution < 1.29 is 0 Å². The Bertz CT molecular complexity index is 541. The number of nitrogen functional groups attached to an aromatic ring is 1. The van der Waals surface area contributed by atoms with Crippen LogP contribution in [0.25, 0.3) is 11.0 Å². The lowest BCUT2D eigenvalue weighted by atomic mass is 10.1. The fourth-order valence-electron chi connectivity index (χ4n) is 2.55. The lowest BCUT2D eigenvalue weighted by Gasteiger charge is -2.24. The second-order valence-corrected chi connectivity index (χ2v) is 5.90. The Balaban J connectivity index is 2.11. The van der Waals surface area contributed by atoms with Crippen molar-refractivity contribution in [2.24, 2.45) is 0 Å². The number of hydrogen-bond donors (Lipinski definition) is 1. The summed E-state index contributed by atoms with van der Waals surface area (Å²) in [6.07, 6.45) is 2.41.